The van der Waals surface area contributed by atoms with Crippen molar-refractivity contribution >= 4 is 22.6 Å². The van der Waals surface area contributed by atoms with Gasteiger partial charge in [0.15, 0.2) is 0 Å². The molecule has 1 heterocycles. The van der Waals surface area contributed by atoms with Crippen LogP contribution in [0.25, 0.3) is 11.0 Å². The normalized spacial score (nSPS) is 10.7. The van der Waals surface area contributed by atoms with Gasteiger partial charge in [0, 0.05) is 31.9 Å². The summed E-state index contributed by atoms with van der Waals surface area (Å²) in [6.07, 6.45) is 0. The van der Waals surface area contributed by atoms with Gasteiger partial charge in [-0.1, -0.05) is 12.1 Å². The number of imidazole rings is 1. The fourth-order valence-electron chi connectivity index (χ4n) is 2.40. The number of benzene rings is 2. The lowest BCUT2D eigenvalue weighted by atomic mass is 10.1. The van der Waals surface area contributed by atoms with Crippen molar-refractivity contribution in [3.8, 4) is 0 Å². The fraction of sp³-hybridized carbons (Fsp3) is 0.176. The molecule has 6 heteroatoms. The molecule has 0 saturated heterocycles. The van der Waals surface area contributed by atoms with Crippen molar-refractivity contribution < 1.29 is 4.79 Å². The lowest BCUT2D eigenvalue weighted by Crippen LogP contribution is -2.23. The molecule has 0 saturated carbocycles. The van der Waals surface area contributed by atoms with Crippen LogP contribution in [0.4, 0.5) is 5.69 Å². The number of rotatable bonds is 4. The molecule has 0 unspecified atom stereocenters. The number of nitrogens with one attached hydrogen (secondary N) is 3. The first-order chi connectivity index (χ1) is 11.0. The molecule has 0 aliphatic carbocycles. The highest BCUT2D eigenvalue weighted by atomic mass is 16.1. The molecular formula is C17H18N4O2. The zero-order valence-electron chi connectivity index (χ0n) is 13.0. The van der Waals surface area contributed by atoms with Crippen LogP contribution >= 0.6 is 0 Å². The highest BCUT2D eigenvalue weighted by molar-refractivity contribution is 5.95. The van der Waals surface area contributed by atoms with E-state index < -0.39 is 0 Å². The molecule has 118 valence electrons. The molecule has 0 aliphatic rings. The Hall–Kier alpha value is -3.02. The van der Waals surface area contributed by atoms with Crippen molar-refractivity contribution in [1.29, 1.82) is 0 Å². The van der Waals surface area contributed by atoms with Gasteiger partial charge in [0.05, 0.1) is 11.0 Å². The van der Waals surface area contributed by atoms with Crippen molar-refractivity contribution in [3.05, 3.63) is 64.1 Å². The molecular weight excluding hydrogens is 292 g/mol. The summed E-state index contributed by atoms with van der Waals surface area (Å²) in [4.78, 5) is 30.9. The van der Waals surface area contributed by atoms with Crippen LogP contribution in [0.3, 0.4) is 0 Å². The minimum atomic E-state index is -0.235. The van der Waals surface area contributed by atoms with Gasteiger partial charge in [-0.05, 0) is 35.9 Å². The quantitative estimate of drug-likeness (QED) is 0.688. The summed E-state index contributed by atoms with van der Waals surface area (Å²) in [7, 11) is 3.87. The van der Waals surface area contributed by atoms with Gasteiger partial charge in [-0.15, -0.1) is 0 Å². The van der Waals surface area contributed by atoms with Crippen LogP contribution in [-0.4, -0.2) is 30.0 Å². The lowest BCUT2D eigenvalue weighted by Gasteiger charge is -2.13. The maximum absolute atomic E-state index is 12.3. The van der Waals surface area contributed by atoms with E-state index in [0.29, 0.717) is 12.1 Å². The lowest BCUT2D eigenvalue weighted by molar-refractivity contribution is 0.0951. The zero-order valence-corrected chi connectivity index (χ0v) is 13.0. The van der Waals surface area contributed by atoms with Gasteiger partial charge >= 0.3 is 5.69 Å². The second-order valence-electron chi connectivity index (χ2n) is 5.59. The maximum Gasteiger partial charge on any atom is 0.323 e. The fourth-order valence-corrected chi connectivity index (χ4v) is 2.40. The molecule has 0 aliphatic heterocycles. The molecule has 23 heavy (non-hydrogen) atoms. The number of hydrogen-bond donors (Lipinski definition) is 3. The number of nitrogens with zero attached hydrogens (tertiary/aromatic N) is 1. The topological polar surface area (TPSA) is 81.0 Å². The van der Waals surface area contributed by atoms with Gasteiger partial charge in [0.1, 0.15) is 0 Å². The molecule has 3 aromatic rings. The van der Waals surface area contributed by atoms with Crippen LogP contribution in [0.5, 0.6) is 0 Å². The Balaban J connectivity index is 1.72. The first kappa shape index (κ1) is 14.9. The third-order valence-electron chi connectivity index (χ3n) is 3.66. The Morgan fingerprint density at radius 3 is 2.65 bits per heavy atom. The van der Waals surface area contributed by atoms with Crippen molar-refractivity contribution in [2.75, 3.05) is 19.0 Å². The van der Waals surface area contributed by atoms with Gasteiger partial charge in [0.2, 0.25) is 0 Å². The minimum absolute atomic E-state index is 0.128. The second-order valence-corrected chi connectivity index (χ2v) is 5.59. The maximum atomic E-state index is 12.3. The summed E-state index contributed by atoms with van der Waals surface area (Å²) < 4.78 is 0. The van der Waals surface area contributed by atoms with Crippen molar-refractivity contribution in [2.45, 2.75) is 6.54 Å². The minimum Gasteiger partial charge on any atom is -0.378 e. The Morgan fingerprint density at radius 1 is 1.09 bits per heavy atom. The Morgan fingerprint density at radius 2 is 1.87 bits per heavy atom. The first-order valence-electron chi connectivity index (χ1n) is 7.29. The Bertz CT molecular complexity index is 908. The van der Waals surface area contributed by atoms with Gasteiger partial charge in [-0.3, -0.25) is 4.79 Å². The number of hydrogen-bond acceptors (Lipinski definition) is 3. The first-order valence-corrected chi connectivity index (χ1v) is 7.29. The van der Waals surface area contributed by atoms with Crippen molar-refractivity contribution in [1.82, 2.24) is 15.3 Å². The number of carbonyl (C=O) groups excluding carboxylic acids is 1. The van der Waals surface area contributed by atoms with Crippen LogP contribution in [0, 0.1) is 0 Å². The van der Waals surface area contributed by atoms with Gasteiger partial charge in [-0.25, -0.2) is 4.79 Å². The molecule has 3 N–H and O–H groups in total. The molecule has 6 nitrogen and oxygen atoms in total. The summed E-state index contributed by atoms with van der Waals surface area (Å²) >= 11 is 0. The summed E-state index contributed by atoms with van der Waals surface area (Å²) in [6, 6.07) is 13.0. The van der Waals surface area contributed by atoms with E-state index in [2.05, 4.69) is 15.3 Å². The third-order valence-corrected chi connectivity index (χ3v) is 3.66. The zero-order chi connectivity index (χ0) is 16.4. The predicted octanol–water partition coefficient (Wildman–Crippen LogP) is 1.85. The van der Waals surface area contributed by atoms with E-state index in [-0.39, 0.29) is 11.6 Å². The molecule has 0 fully saturated rings. The van der Waals surface area contributed by atoms with Gasteiger partial charge < -0.3 is 20.2 Å². The van der Waals surface area contributed by atoms with Crippen molar-refractivity contribution in [3.63, 3.8) is 0 Å². The van der Waals surface area contributed by atoms with E-state index in [4.69, 9.17) is 0 Å². The largest absolute Gasteiger partial charge is 0.378 e. The average molecular weight is 310 g/mol. The highest BCUT2D eigenvalue weighted by Crippen LogP contribution is 2.14. The number of anilines is 1. The summed E-state index contributed by atoms with van der Waals surface area (Å²) in [5.41, 5.74) is 3.77. The van der Waals surface area contributed by atoms with E-state index >= 15 is 0 Å². The molecule has 3 rings (SSSR count). The monoisotopic (exact) mass is 310 g/mol. The molecule has 0 bridgehead atoms. The number of aromatic amines is 2. The average Bonchev–Trinajstić information content (AvgIpc) is 2.91. The number of aromatic nitrogens is 2. The SMILES string of the molecule is CN(C)c1cccc(C(=O)NCc2ccc3[nH]c(=O)[nH]c3c2)c1. The summed E-state index contributed by atoms with van der Waals surface area (Å²) in [5, 5.41) is 2.89. The number of fused-ring (bicyclic) bond motifs is 1. The van der Waals surface area contributed by atoms with E-state index in [1.807, 2.05) is 55.4 Å². The van der Waals surface area contributed by atoms with Crippen molar-refractivity contribution in [2.24, 2.45) is 0 Å². The summed E-state index contributed by atoms with van der Waals surface area (Å²) in [5.74, 6) is -0.128. The Labute approximate surface area is 133 Å². The molecule has 1 amide bonds. The Kier molecular flexibility index (Phi) is 3.89. The van der Waals surface area contributed by atoms with E-state index in [9.17, 15) is 9.59 Å². The number of carbonyl (C=O) groups is 1. The smallest absolute Gasteiger partial charge is 0.323 e. The van der Waals surface area contributed by atoms with Crippen LogP contribution in [0.2, 0.25) is 0 Å². The van der Waals surface area contributed by atoms with Crippen LogP contribution in [-0.2, 0) is 6.54 Å². The predicted molar refractivity (Wildman–Crippen MR) is 90.9 cm³/mol. The molecule has 2 aromatic carbocycles. The molecule has 0 atom stereocenters. The molecule has 1 aromatic heterocycles. The number of H-pyrrole nitrogens is 2. The van der Waals surface area contributed by atoms with E-state index in [1.54, 1.807) is 6.07 Å². The van der Waals surface area contributed by atoms with Gasteiger partial charge in [0.25, 0.3) is 5.91 Å². The van der Waals surface area contributed by atoms with Gasteiger partial charge in [-0.2, -0.15) is 0 Å². The van der Waals surface area contributed by atoms with Crippen LogP contribution in [0.15, 0.2) is 47.3 Å². The summed E-state index contributed by atoms with van der Waals surface area (Å²) in [6.45, 7) is 0.397. The van der Waals surface area contributed by atoms with Crippen LogP contribution < -0.4 is 15.9 Å². The second kappa shape index (κ2) is 6.00. The third kappa shape index (κ3) is 3.26. The molecule has 0 spiro atoms. The van der Waals surface area contributed by atoms with E-state index in [1.165, 1.54) is 0 Å². The van der Waals surface area contributed by atoms with Crippen LogP contribution in [0.1, 0.15) is 15.9 Å². The number of amides is 1. The highest BCUT2D eigenvalue weighted by Gasteiger charge is 2.07. The standard InChI is InChI=1S/C17H18N4O2/c1-21(2)13-5-3-4-12(9-13)16(22)18-10-11-6-7-14-15(8-11)20-17(23)19-14/h3-9H,10H2,1-2H3,(H,18,22)(H2,19,20,23). The molecule has 0 radical (unpaired) electrons. The van der Waals surface area contributed by atoms with E-state index in [0.717, 1.165) is 22.3 Å².